The highest BCUT2D eigenvalue weighted by Crippen LogP contribution is 2.37. The predicted octanol–water partition coefficient (Wildman–Crippen LogP) is 3.24. The first kappa shape index (κ1) is 20.1. The van der Waals surface area contributed by atoms with Crippen molar-refractivity contribution in [2.45, 2.75) is 37.0 Å². The molecule has 0 spiro atoms. The second-order valence-electron chi connectivity index (χ2n) is 6.72. The van der Waals surface area contributed by atoms with Crippen molar-refractivity contribution in [2.75, 3.05) is 13.2 Å². The number of aliphatic hydroxyl groups excluding tert-OH is 2. The Labute approximate surface area is 172 Å². The largest absolute Gasteiger partial charge is 0.394 e. The normalized spacial score (nSPS) is 31.2. The fourth-order valence-electron chi connectivity index (χ4n) is 3.33. The summed E-state index contributed by atoms with van der Waals surface area (Å²) in [6.45, 7) is -0.0991. The molecule has 0 aromatic heterocycles. The lowest BCUT2D eigenvalue weighted by atomic mass is 10.0. The number of hydrogen-bond donors (Lipinski definition) is 2. The lowest BCUT2D eigenvalue weighted by Gasteiger charge is -2.24. The summed E-state index contributed by atoms with van der Waals surface area (Å²) < 4.78 is 23.2. The molecular formula is C20H20Cl2O6. The summed E-state index contributed by atoms with van der Waals surface area (Å²) in [5, 5.41) is 21.7. The molecule has 2 aromatic rings. The Balaban J connectivity index is 1.42. The van der Waals surface area contributed by atoms with Gasteiger partial charge < -0.3 is 29.2 Å². The molecule has 2 saturated heterocycles. The van der Waals surface area contributed by atoms with Gasteiger partial charge in [0.15, 0.2) is 12.6 Å². The van der Waals surface area contributed by atoms with Gasteiger partial charge in [-0.05, 0) is 24.3 Å². The van der Waals surface area contributed by atoms with E-state index >= 15 is 0 Å². The summed E-state index contributed by atoms with van der Waals surface area (Å²) in [5.41, 5.74) is 1.56. The number of rotatable bonds is 5. The minimum atomic E-state index is -1.04. The molecule has 2 aliphatic heterocycles. The average molecular weight is 427 g/mol. The minimum Gasteiger partial charge on any atom is -0.394 e. The van der Waals surface area contributed by atoms with Crippen LogP contribution in [0, 0.1) is 0 Å². The van der Waals surface area contributed by atoms with Crippen LogP contribution in [0.1, 0.15) is 23.7 Å². The van der Waals surface area contributed by atoms with Gasteiger partial charge in [0.2, 0.25) is 0 Å². The summed E-state index contributed by atoms with van der Waals surface area (Å²) >= 11 is 11.8. The number of benzene rings is 2. The van der Waals surface area contributed by atoms with Crippen molar-refractivity contribution in [2.24, 2.45) is 0 Å². The molecule has 4 rings (SSSR count). The zero-order valence-electron chi connectivity index (χ0n) is 14.8. The fourth-order valence-corrected chi connectivity index (χ4v) is 3.58. The zero-order valence-corrected chi connectivity index (χ0v) is 16.3. The maximum atomic E-state index is 10.8. The van der Waals surface area contributed by atoms with Crippen LogP contribution in [0.15, 0.2) is 48.5 Å². The van der Waals surface area contributed by atoms with Gasteiger partial charge in [-0.2, -0.15) is 0 Å². The van der Waals surface area contributed by atoms with E-state index in [0.29, 0.717) is 10.0 Å². The zero-order chi connectivity index (χ0) is 19.7. The first-order valence-corrected chi connectivity index (χ1v) is 9.68. The number of halogens is 2. The summed E-state index contributed by atoms with van der Waals surface area (Å²) in [7, 11) is 0. The number of aliphatic hydroxyl groups is 2. The van der Waals surface area contributed by atoms with E-state index in [1.165, 1.54) is 0 Å². The lowest BCUT2D eigenvalue weighted by Crippen LogP contribution is -2.45. The van der Waals surface area contributed by atoms with E-state index in [0.717, 1.165) is 11.1 Å². The van der Waals surface area contributed by atoms with Gasteiger partial charge in [0.05, 0.1) is 13.2 Å². The molecule has 2 aromatic carbocycles. The van der Waals surface area contributed by atoms with Gasteiger partial charge in [-0.15, -0.1) is 0 Å². The van der Waals surface area contributed by atoms with Crippen LogP contribution < -0.4 is 0 Å². The molecule has 2 aliphatic rings. The monoisotopic (exact) mass is 426 g/mol. The predicted molar refractivity (Wildman–Crippen MR) is 102 cm³/mol. The summed E-state index contributed by atoms with van der Waals surface area (Å²) in [6, 6.07) is 14.1. The molecule has 2 N–H and O–H groups in total. The standard InChI is InChI=1S/C20H20Cl2O6/c21-13-5-1-11(2-6-13)19-25-10-16(27-19)17(24)18-15(9-23)26-20(28-18)12-3-7-14(22)8-4-12/h1-8,15-20,23-24H,9-10H2/t15-,16+,17-,18-,19?,20?/m1/s1. The van der Waals surface area contributed by atoms with Gasteiger partial charge in [0.1, 0.15) is 24.4 Å². The number of ether oxygens (including phenoxy) is 4. The van der Waals surface area contributed by atoms with Gasteiger partial charge in [-0.3, -0.25) is 0 Å². The molecule has 150 valence electrons. The Hall–Kier alpha value is -1.22. The van der Waals surface area contributed by atoms with Crippen molar-refractivity contribution in [3.63, 3.8) is 0 Å². The quantitative estimate of drug-likeness (QED) is 0.763. The lowest BCUT2D eigenvalue weighted by molar-refractivity contribution is -0.125. The first-order chi connectivity index (χ1) is 13.5. The third-order valence-corrected chi connectivity index (χ3v) is 5.34. The van der Waals surface area contributed by atoms with Crippen LogP contribution in [0.2, 0.25) is 10.0 Å². The number of hydrogen-bond acceptors (Lipinski definition) is 6. The summed E-state index contributed by atoms with van der Waals surface area (Å²) in [6.07, 6.45) is -4.40. The minimum absolute atomic E-state index is 0.193. The van der Waals surface area contributed by atoms with E-state index in [-0.39, 0.29) is 13.2 Å². The molecule has 2 heterocycles. The van der Waals surface area contributed by atoms with E-state index in [1.54, 1.807) is 36.4 Å². The molecule has 6 atom stereocenters. The second kappa shape index (κ2) is 8.65. The maximum absolute atomic E-state index is 10.8. The van der Waals surface area contributed by atoms with E-state index < -0.39 is 37.0 Å². The molecule has 0 bridgehead atoms. The highest BCUT2D eigenvalue weighted by Gasteiger charge is 2.46. The van der Waals surface area contributed by atoms with Crippen LogP contribution in [0.25, 0.3) is 0 Å². The summed E-state index contributed by atoms with van der Waals surface area (Å²) in [4.78, 5) is 0. The van der Waals surface area contributed by atoms with Crippen molar-refractivity contribution >= 4 is 23.2 Å². The SMILES string of the molecule is OC[C@H]1OC(c2ccc(Cl)cc2)O[C@H]1[C@H](O)[C@@H]1COC(c2ccc(Cl)cc2)O1. The van der Waals surface area contributed by atoms with E-state index in [4.69, 9.17) is 42.1 Å². The Kier molecular flexibility index (Phi) is 6.20. The molecule has 2 unspecified atom stereocenters. The van der Waals surface area contributed by atoms with Crippen LogP contribution in [0.3, 0.4) is 0 Å². The van der Waals surface area contributed by atoms with Crippen LogP contribution in [-0.2, 0) is 18.9 Å². The van der Waals surface area contributed by atoms with Gasteiger partial charge in [0, 0.05) is 21.2 Å². The van der Waals surface area contributed by atoms with Crippen LogP contribution >= 0.6 is 23.2 Å². The smallest absolute Gasteiger partial charge is 0.184 e. The molecule has 0 saturated carbocycles. The molecule has 28 heavy (non-hydrogen) atoms. The van der Waals surface area contributed by atoms with E-state index in [1.807, 2.05) is 12.1 Å². The van der Waals surface area contributed by atoms with Crippen molar-refractivity contribution in [1.82, 2.24) is 0 Å². The van der Waals surface area contributed by atoms with Gasteiger partial charge in [-0.25, -0.2) is 0 Å². The molecule has 0 aliphatic carbocycles. The topological polar surface area (TPSA) is 77.4 Å². The first-order valence-electron chi connectivity index (χ1n) is 8.93. The summed E-state index contributed by atoms with van der Waals surface area (Å²) in [5.74, 6) is 0. The maximum Gasteiger partial charge on any atom is 0.184 e. The van der Waals surface area contributed by atoms with Crippen molar-refractivity contribution in [1.29, 1.82) is 0 Å². The third-order valence-electron chi connectivity index (χ3n) is 4.84. The van der Waals surface area contributed by atoms with Crippen molar-refractivity contribution in [3.05, 3.63) is 69.7 Å². The molecule has 0 amide bonds. The van der Waals surface area contributed by atoms with Gasteiger partial charge in [0.25, 0.3) is 0 Å². The van der Waals surface area contributed by atoms with Crippen molar-refractivity contribution < 1.29 is 29.2 Å². The Morgan fingerprint density at radius 1 is 0.857 bits per heavy atom. The highest BCUT2D eigenvalue weighted by molar-refractivity contribution is 6.30. The van der Waals surface area contributed by atoms with E-state index in [2.05, 4.69) is 0 Å². The van der Waals surface area contributed by atoms with Crippen LogP contribution in [0.5, 0.6) is 0 Å². The van der Waals surface area contributed by atoms with E-state index in [9.17, 15) is 10.2 Å². The molecule has 0 radical (unpaired) electrons. The second-order valence-corrected chi connectivity index (χ2v) is 7.60. The molecule has 6 nitrogen and oxygen atoms in total. The molecule has 8 heteroatoms. The Bertz CT molecular complexity index is 784. The third kappa shape index (κ3) is 4.20. The molecular weight excluding hydrogens is 407 g/mol. The van der Waals surface area contributed by atoms with Crippen LogP contribution in [0.4, 0.5) is 0 Å². The molecule has 2 fully saturated rings. The van der Waals surface area contributed by atoms with Crippen LogP contribution in [-0.4, -0.2) is 47.8 Å². The van der Waals surface area contributed by atoms with Crippen molar-refractivity contribution in [3.8, 4) is 0 Å². The Morgan fingerprint density at radius 3 is 2.00 bits per heavy atom. The fraction of sp³-hybridized carbons (Fsp3) is 0.400. The van der Waals surface area contributed by atoms with Gasteiger partial charge in [-0.1, -0.05) is 47.5 Å². The average Bonchev–Trinajstić information content (AvgIpc) is 3.36. The van der Waals surface area contributed by atoms with Gasteiger partial charge >= 0.3 is 0 Å². The Morgan fingerprint density at radius 2 is 1.43 bits per heavy atom. The highest BCUT2D eigenvalue weighted by atomic mass is 35.5.